The van der Waals surface area contributed by atoms with Crippen molar-refractivity contribution in [2.24, 2.45) is 5.73 Å². The molecule has 5 heteroatoms. The highest BCUT2D eigenvalue weighted by molar-refractivity contribution is 5.78. The first-order chi connectivity index (χ1) is 6.97. The van der Waals surface area contributed by atoms with Crippen LogP contribution in [0.1, 0.15) is 17.2 Å². The Labute approximate surface area is 86.5 Å². The monoisotopic (exact) mass is 213 g/mol. The molecule has 0 aliphatic rings. The topological polar surface area (TPSA) is 72.5 Å². The van der Waals surface area contributed by atoms with Gasteiger partial charge in [0.1, 0.15) is 6.04 Å². The van der Waals surface area contributed by atoms with Gasteiger partial charge in [0.25, 0.3) is 0 Å². The SMILES string of the molecule is COC(=O)[C@@H](N)c1cc(C)cc(F)c1O. The van der Waals surface area contributed by atoms with Crippen molar-refractivity contribution < 1.29 is 19.0 Å². The van der Waals surface area contributed by atoms with E-state index in [1.54, 1.807) is 6.92 Å². The predicted molar refractivity (Wildman–Crippen MR) is 51.7 cm³/mol. The van der Waals surface area contributed by atoms with Crippen molar-refractivity contribution in [3.8, 4) is 5.75 Å². The van der Waals surface area contributed by atoms with Crippen molar-refractivity contribution in [2.45, 2.75) is 13.0 Å². The van der Waals surface area contributed by atoms with Gasteiger partial charge in [0, 0.05) is 5.56 Å². The molecule has 0 saturated carbocycles. The van der Waals surface area contributed by atoms with Crippen LogP contribution >= 0.6 is 0 Å². The third-order valence-electron chi connectivity index (χ3n) is 2.03. The van der Waals surface area contributed by atoms with Crippen LogP contribution in [-0.4, -0.2) is 18.2 Å². The van der Waals surface area contributed by atoms with Crippen molar-refractivity contribution in [1.29, 1.82) is 0 Å². The van der Waals surface area contributed by atoms with E-state index < -0.39 is 23.6 Å². The minimum atomic E-state index is -1.18. The Balaban J connectivity index is 3.19. The number of phenolic OH excluding ortho intramolecular Hbond substituents is 1. The normalized spacial score (nSPS) is 12.3. The van der Waals surface area contributed by atoms with E-state index >= 15 is 0 Å². The number of benzene rings is 1. The lowest BCUT2D eigenvalue weighted by Gasteiger charge is -2.12. The molecule has 1 rings (SSSR count). The number of carbonyl (C=O) groups excluding carboxylic acids is 1. The van der Waals surface area contributed by atoms with Crippen molar-refractivity contribution in [1.82, 2.24) is 0 Å². The quantitative estimate of drug-likeness (QED) is 0.719. The van der Waals surface area contributed by atoms with E-state index in [9.17, 15) is 14.3 Å². The van der Waals surface area contributed by atoms with Gasteiger partial charge in [0.05, 0.1) is 7.11 Å². The molecule has 0 aliphatic carbocycles. The van der Waals surface area contributed by atoms with Gasteiger partial charge in [0.15, 0.2) is 11.6 Å². The molecular formula is C10H12FNO3. The molecule has 0 aliphatic heterocycles. The van der Waals surface area contributed by atoms with E-state index in [2.05, 4.69) is 4.74 Å². The summed E-state index contributed by atoms with van der Waals surface area (Å²) in [5.41, 5.74) is 6.08. The first-order valence-corrected chi connectivity index (χ1v) is 4.29. The van der Waals surface area contributed by atoms with Crippen LogP contribution in [0.4, 0.5) is 4.39 Å². The average molecular weight is 213 g/mol. The average Bonchev–Trinajstić information content (AvgIpc) is 2.21. The van der Waals surface area contributed by atoms with Gasteiger partial charge in [-0.15, -0.1) is 0 Å². The number of aromatic hydroxyl groups is 1. The van der Waals surface area contributed by atoms with E-state index in [0.29, 0.717) is 5.56 Å². The number of phenols is 1. The summed E-state index contributed by atoms with van der Waals surface area (Å²) in [6, 6.07) is 1.42. The predicted octanol–water partition coefficient (Wildman–Crippen LogP) is 1.01. The molecule has 0 saturated heterocycles. The standard InChI is InChI=1S/C10H12FNO3/c1-5-3-6(8(12)10(14)15-2)9(13)7(11)4-5/h3-4,8,13H,12H2,1-2H3/t8-/m0/s1. The molecule has 82 valence electrons. The molecule has 0 radical (unpaired) electrons. The Hall–Kier alpha value is -1.62. The minimum Gasteiger partial charge on any atom is -0.505 e. The van der Waals surface area contributed by atoms with E-state index in [4.69, 9.17) is 5.73 Å². The zero-order chi connectivity index (χ0) is 11.6. The summed E-state index contributed by atoms with van der Waals surface area (Å²) >= 11 is 0. The molecule has 0 heterocycles. The minimum absolute atomic E-state index is 0.0272. The Kier molecular flexibility index (Phi) is 3.26. The Morgan fingerprint density at radius 3 is 2.73 bits per heavy atom. The van der Waals surface area contributed by atoms with Crippen molar-refractivity contribution in [3.63, 3.8) is 0 Å². The molecular weight excluding hydrogens is 201 g/mol. The van der Waals surface area contributed by atoms with Gasteiger partial charge < -0.3 is 15.6 Å². The number of carbonyl (C=O) groups is 1. The van der Waals surface area contributed by atoms with Crippen molar-refractivity contribution in [2.75, 3.05) is 7.11 Å². The second kappa shape index (κ2) is 4.27. The van der Waals surface area contributed by atoms with Crippen molar-refractivity contribution in [3.05, 3.63) is 29.1 Å². The number of ether oxygens (including phenoxy) is 1. The van der Waals surface area contributed by atoms with Crippen LogP contribution in [0.25, 0.3) is 0 Å². The highest BCUT2D eigenvalue weighted by Gasteiger charge is 2.22. The van der Waals surface area contributed by atoms with Crippen LogP contribution in [-0.2, 0) is 9.53 Å². The van der Waals surface area contributed by atoms with Crippen LogP contribution in [0, 0.1) is 12.7 Å². The van der Waals surface area contributed by atoms with Crippen LogP contribution < -0.4 is 5.73 Å². The lowest BCUT2D eigenvalue weighted by atomic mass is 10.0. The molecule has 0 unspecified atom stereocenters. The Bertz CT molecular complexity index is 392. The number of nitrogens with two attached hydrogens (primary N) is 1. The maximum absolute atomic E-state index is 13.1. The van der Waals surface area contributed by atoms with Gasteiger partial charge in [-0.3, -0.25) is 4.79 Å². The largest absolute Gasteiger partial charge is 0.505 e. The number of aryl methyl sites for hydroxylation is 1. The van der Waals surface area contributed by atoms with Gasteiger partial charge in [-0.2, -0.15) is 0 Å². The maximum Gasteiger partial charge on any atom is 0.327 e. The summed E-state index contributed by atoms with van der Waals surface area (Å²) in [7, 11) is 1.17. The van der Waals surface area contributed by atoms with E-state index in [1.165, 1.54) is 13.2 Å². The Morgan fingerprint density at radius 1 is 1.60 bits per heavy atom. The van der Waals surface area contributed by atoms with Gasteiger partial charge in [-0.05, 0) is 18.6 Å². The summed E-state index contributed by atoms with van der Waals surface area (Å²) in [5, 5.41) is 9.37. The van der Waals surface area contributed by atoms with E-state index in [-0.39, 0.29) is 5.56 Å². The summed E-state index contributed by atoms with van der Waals surface area (Å²) < 4.78 is 17.5. The summed E-state index contributed by atoms with van der Waals surface area (Å²) in [5.74, 6) is -2.14. The molecule has 0 fully saturated rings. The highest BCUT2D eigenvalue weighted by atomic mass is 19.1. The van der Waals surface area contributed by atoms with Gasteiger partial charge in [-0.1, -0.05) is 6.07 Å². The number of rotatable bonds is 2. The van der Waals surface area contributed by atoms with Crippen LogP contribution in [0.3, 0.4) is 0 Å². The fourth-order valence-corrected chi connectivity index (χ4v) is 1.25. The smallest absolute Gasteiger partial charge is 0.327 e. The van der Waals surface area contributed by atoms with Gasteiger partial charge >= 0.3 is 5.97 Å². The van der Waals surface area contributed by atoms with Crippen molar-refractivity contribution >= 4 is 5.97 Å². The molecule has 0 amide bonds. The van der Waals surface area contributed by atoms with Gasteiger partial charge in [0.2, 0.25) is 0 Å². The van der Waals surface area contributed by atoms with Crippen LogP contribution in [0.5, 0.6) is 5.75 Å². The number of hydrogen-bond acceptors (Lipinski definition) is 4. The maximum atomic E-state index is 13.1. The zero-order valence-corrected chi connectivity index (χ0v) is 8.45. The molecule has 0 spiro atoms. The third-order valence-corrected chi connectivity index (χ3v) is 2.03. The van der Waals surface area contributed by atoms with Gasteiger partial charge in [-0.25, -0.2) is 4.39 Å². The fraction of sp³-hybridized carbons (Fsp3) is 0.300. The number of esters is 1. The van der Waals surface area contributed by atoms with Crippen LogP contribution in [0.15, 0.2) is 12.1 Å². The second-order valence-electron chi connectivity index (χ2n) is 3.19. The summed E-state index contributed by atoms with van der Waals surface area (Å²) in [6.45, 7) is 1.63. The molecule has 3 N–H and O–H groups in total. The number of methoxy groups -OCH3 is 1. The molecule has 0 bridgehead atoms. The molecule has 1 atom stereocenters. The Morgan fingerprint density at radius 2 is 2.20 bits per heavy atom. The highest BCUT2D eigenvalue weighted by Crippen LogP contribution is 2.27. The first-order valence-electron chi connectivity index (χ1n) is 4.29. The van der Waals surface area contributed by atoms with Crippen LogP contribution in [0.2, 0.25) is 0 Å². The lowest BCUT2D eigenvalue weighted by molar-refractivity contribution is -0.142. The first kappa shape index (κ1) is 11.5. The zero-order valence-electron chi connectivity index (χ0n) is 8.45. The summed E-state index contributed by atoms with van der Waals surface area (Å²) in [6.07, 6.45) is 0. The number of halogens is 1. The molecule has 0 aromatic heterocycles. The number of hydrogen-bond donors (Lipinski definition) is 2. The molecule has 15 heavy (non-hydrogen) atoms. The molecule has 4 nitrogen and oxygen atoms in total. The lowest BCUT2D eigenvalue weighted by Crippen LogP contribution is -2.23. The van der Waals surface area contributed by atoms with E-state index in [1.807, 2.05) is 0 Å². The third kappa shape index (κ3) is 2.24. The molecule has 1 aromatic carbocycles. The second-order valence-corrected chi connectivity index (χ2v) is 3.19. The molecule has 1 aromatic rings. The summed E-state index contributed by atoms with van der Waals surface area (Å²) in [4.78, 5) is 11.1. The van der Waals surface area contributed by atoms with E-state index in [0.717, 1.165) is 6.07 Å². The fourth-order valence-electron chi connectivity index (χ4n) is 1.25.